The first-order valence-corrected chi connectivity index (χ1v) is 6.52. The van der Waals surface area contributed by atoms with Gasteiger partial charge in [0.15, 0.2) is 5.84 Å². The molecule has 6 nitrogen and oxygen atoms in total. The van der Waals surface area contributed by atoms with Gasteiger partial charge in [-0.25, -0.2) is 0 Å². The van der Waals surface area contributed by atoms with E-state index in [-0.39, 0.29) is 11.7 Å². The molecule has 0 radical (unpaired) electrons. The third kappa shape index (κ3) is 4.18. The summed E-state index contributed by atoms with van der Waals surface area (Å²) < 4.78 is 0. The van der Waals surface area contributed by atoms with E-state index in [1.807, 2.05) is 6.92 Å². The maximum Gasteiger partial charge on any atom is 0.230 e. The summed E-state index contributed by atoms with van der Waals surface area (Å²) in [6, 6.07) is 0. The number of nitrogens with one attached hydrogen (secondary N) is 1. The van der Waals surface area contributed by atoms with Gasteiger partial charge in [-0.1, -0.05) is 18.5 Å². The maximum atomic E-state index is 12.0. The van der Waals surface area contributed by atoms with Gasteiger partial charge in [0.05, 0.1) is 5.92 Å². The number of nitrogens with two attached hydrogens (primary N) is 1. The molecule has 1 amide bonds. The molecule has 18 heavy (non-hydrogen) atoms. The fourth-order valence-corrected chi connectivity index (χ4v) is 2.33. The van der Waals surface area contributed by atoms with Crippen molar-refractivity contribution in [3.63, 3.8) is 0 Å². The summed E-state index contributed by atoms with van der Waals surface area (Å²) in [4.78, 5) is 14.2. The zero-order valence-corrected chi connectivity index (χ0v) is 11.2. The van der Waals surface area contributed by atoms with Crippen molar-refractivity contribution < 1.29 is 10.0 Å². The molecule has 4 N–H and O–H groups in total. The molecule has 1 aliphatic rings. The van der Waals surface area contributed by atoms with Crippen molar-refractivity contribution in [2.45, 2.75) is 26.2 Å². The summed E-state index contributed by atoms with van der Waals surface area (Å²) >= 11 is 0. The summed E-state index contributed by atoms with van der Waals surface area (Å²) in [6.07, 6.45) is 2.53. The van der Waals surface area contributed by atoms with Crippen molar-refractivity contribution in [3.05, 3.63) is 0 Å². The van der Waals surface area contributed by atoms with Gasteiger partial charge in [-0.05, 0) is 32.4 Å². The van der Waals surface area contributed by atoms with Crippen molar-refractivity contribution in [2.24, 2.45) is 22.7 Å². The van der Waals surface area contributed by atoms with Gasteiger partial charge in [0.1, 0.15) is 0 Å². The molecule has 104 valence electrons. The van der Waals surface area contributed by atoms with Gasteiger partial charge in [-0.3, -0.25) is 4.79 Å². The molecular formula is C12H24N4O2. The van der Waals surface area contributed by atoms with Crippen LogP contribution in [0.2, 0.25) is 0 Å². The van der Waals surface area contributed by atoms with Gasteiger partial charge in [-0.2, -0.15) is 0 Å². The summed E-state index contributed by atoms with van der Waals surface area (Å²) in [7, 11) is 2.08. The molecule has 0 bridgehead atoms. The summed E-state index contributed by atoms with van der Waals surface area (Å²) in [5.74, 6) is -0.146. The molecule has 2 unspecified atom stereocenters. The summed E-state index contributed by atoms with van der Waals surface area (Å²) in [5.41, 5.74) is 5.54. The fourth-order valence-electron chi connectivity index (χ4n) is 2.33. The lowest BCUT2D eigenvalue weighted by Gasteiger charge is -2.17. The highest BCUT2D eigenvalue weighted by Crippen LogP contribution is 2.13. The second-order valence-corrected chi connectivity index (χ2v) is 5.03. The SMILES string of the molecule is CCCC(C(=O)NCC1CCN(C)C1)C(N)=NO. The standard InChI is InChI=1S/C12H24N4O2/c1-3-4-10(11(13)15-18)12(17)14-7-9-5-6-16(2)8-9/h9-10,18H,3-8H2,1-2H3,(H2,13,15)(H,14,17). The van der Waals surface area contributed by atoms with Crippen LogP contribution in [0.15, 0.2) is 5.16 Å². The van der Waals surface area contributed by atoms with Gasteiger partial charge in [0, 0.05) is 13.1 Å². The highest BCUT2D eigenvalue weighted by Gasteiger charge is 2.24. The fraction of sp³-hybridized carbons (Fsp3) is 0.833. The molecule has 1 aliphatic heterocycles. The van der Waals surface area contributed by atoms with Crippen LogP contribution >= 0.6 is 0 Å². The lowest BCUT2D eigenvalue weighted by molar-refractivity contribution is -0.123. The number of amides is 1. The van der Waals surface area contributed by atoms with Crippen LogP contribution in [0.4, 0.5) is 0 Å². The quantitative estimate of drug-likeness (QED) is 0.274. The minimum Gasteiger partial charge on any atom is -0.409 e. The smallest absolute Gasteiger partial charge is 0.230 e. The Balaban J connectivity index is 2.41. The first-order chi connectivity index (χ1) is 8.58. The Kier molecular flexibility index (Phi) is 5.91. The van der Waals surface area contributed by atoms with E-state index in [1.54, 1.807) is 0 Å². The average Bonchev–Trinajstić information content (AvgIpc) is 2.78. The van der Waals surface area contributed by atoms with E-state index in [9.17, 15) is 4.79 Å². The third-order valence-electron chi connectivity index (χ3n) is 3.42. The van der Waals surface area contributed by atoms with Gasteiger partial charge >= 0.3 is 0 Å². The Hall–Kier alpha value is -1.30. The molecule has 2 atom stereocenters. The van der Waals surface area contributed by atoms with Crippen LogP contribution in [0.25, 0.3) is 0 Å². The van der Waals surface area contributed by atoms with Gasteiger partial charge in [-0.15, -0.1) is 0 Å². The number of carbonyl (C=O) groups excluding carboxylic acids is 1. The zero-order valence-electron chi connectivity index (χ0n) is 11.2. The van der Waals surface area contributed by atoms with Crippen molar-refractivity contribution in [1.82, 2.24) is 10.2 Å². The number of rotatable bonds is 6. The molecule has 0 aromatic heterocycles. The number of nitrogens with zero attached hydrogens (tertiary/aromatic N) is 2. The Bertz CT molecular complexity index is 306. The highest BCUT2D eigenvalue weighted by atomic mass is 16.4. The molecular weight excluding hydrogens is 232 g/mol. The number of oxime groups is 1. The molecule has 1 rings (SSSR count). The monoisotopic (exact) mass is 256 g/mol. The normalized spacial score (nSPS) is 23.0. The molecule has 0 aromatic carbocycles. The lowest BCUT2D eigenvalue weighted by Crippen LogP contribution is -2.41. The van der Waals surface area contributed by atoms with Crippen LogP contribution in [0.5, 0.6) is 0 Å². The molecule has 0 aromatic rings. The second-order valence-electron chi connectivity index (χ2n) is 5.03. The molecule has 1 fully saturated rings. The van der Waals surface area contributed by atoms with Crippen molar-refractivity contribution in [1.29, 1.82) is 0 Å². The number of amidine groups is 1. The van der Waals surface area contributed by atoms with E-state index < -0.39 is 5.92 Å². The van der Waals surface area contributed by atoms with Crippen LogP contribution in [0.3, 0.4) is 0 Å². The van der Waals surface area contributed by atoms with Gasteiger partial charge in [0.2, 0.25) is 5.91 Å². The Morgan fingerprint density at radius 2 is 2.39 bits per heavy atom. The average molecular weight is 256 g/mol. The number of hydrogen-bond acceptors (Lipinski definition) is 4. The van der Waals surface area contributed by atoms with Crippen LogP contribution < -0.4 is 11.1 Å². The first-order valence-electron chi connectivity index (χ1n) is 6.52. The Morgan fingerprint density at radius 3 is 2.89 bits per heavy atom. The maximum absolute atomic E-state index is 12.0. The zero-order chi connectivity index (χ0) is 13.5. The Labute approximate surface area is 108 Å². The largest absolute Gasteiger partial charge is 0.409 e. The third-order valence-corrected chi connectivity index (χ3v) is 3.42. The van der Waals surface area contributed by atoms with Crippen molar-refractivity contribution in [2.75, 3.05) is 26.7 Å². The minimum atomic E-state index is -0.515. The van der Waals surface area contributed by atoms with Crippen LogP contribution in [-0.4, -0.2) is 48.5 Å². The number of likely N-dealkylation sites (tertiary alicyclic amines) is 1. The highest BCUT2D eigenvalue weighted by molar-refractivity contribution is 6.02. The van der Waals surface area contributed by atoms with E-state index >= 15 is 0 Å². The lowest BCUT2D eigenvalue weighted by atomic mass is 10.0. The molecule has 0 saturated carbocycles. The molecule has 6 heteroatoms. The summed E-state index contributed by atoms with van der Waals surface area (Å²) in [6.45, 7) is 4.74. The minimum absolute atomic E-state index is 0.00195. The predicted molar refractivity (Wildman–Crippen MR) is 70.4 cm³/mol. The van der Waals surface area contributed by atoms with E-state index in [2.05, 4.69) is 22.4 Å². The van der Waals surface area contributed by atoms with E-state index in [1.165, 1.54) is 0 Å². The van der Waals surface area contributed by atoms with Crippen LogP contribution in [0, 0.1) is 11.8 Å². The van der Waals surface area contributed by atoms with E-state index in [0.29, 0.717) is 18.9 Å². The first kappa shape index (κ1) is 14.8. The number of carbonyl (C=O) groups is 1. The van der Waals surface area contributed by atoms with E-state index in [0.717, 1.165) is 25.9 Å². The van der Waals surface area contributed by atoms with Gasteiger partial charge < -0.3 is 21.2 Å². The van der Waals surface area contributed by atoms with Crippen molar-refractivity contribution >= 4 is 11.7 Å². The molecule has 0 aliphatic carbocycles. The van der Waals surface area contributed by atoms with Crippen molar-refractivity contribution in [3.8, 4) is 0 Å². The Morgan fingerprint density at radius 1 is 1.67 bits per heavy atom. The summed E-state index contributed by atoms with van der Waals surface area (Å²) in [5, 5.41) is 14.5. The van der Waals surface area contributed by atoms with Crippen LogP contribution in [0.1, 0.15) is 26.2 Å². The predicted octanol–water partition coefficient (Wildman–Crippen LogP) is 0.217. The molecule has 0 spiro atoms. The number of hydrogen-bond donors (Lipinski definition) is 3. The molecule has 1 saturated heterocycles. The molecule has 1 heterocycles. The second kappa shape index (κ2) is 7.20. The van der Waals surface area contributed by atoms with E-state index in [4.69, 9.17) is 10.9 Å². The van der Waals surface area contributed by atoms with Crippen LogP contribution in [-0.2, 0) is 4.79 Å². The topological polar surface area (TPSA) is 91.0 Å². The van der Waals surface area contributed by atoms with Gasteiger partial charge in [0.25, 0.3) is 0 Å².